The summed E-state index contributed by atoms with van der Waals surface area (Å²) >= 11 is 0. The van der Waals surface area contributed by atoms with E-state index in [1.807, 2.05) is 36.8 Å². The molecule has 30 heavy (non-hydrogen) atoms. The van der Waals surface area contributed by atoms with Gasteiger partial charge in [0, 0.05) is 56.0 Å². The van der Waals surface area contributed by atoms with Crippen molar-refractivity contribution < 1.29 is 4.79 Å². The summed E-state index contributed by atoms with van der Waals surface area (Å²) in [7, 11) is 0. The Morgan fingerprint density at radius 3 is 2.70 bits per heavy atom. The SMILES string of the molecule is NC(=O)[C@H]1[C@@H]2C[C@@H](CN(Cc3cncn3Cc3ccccc3)C2)c2cccc(=O)n21. The maximum absolute atomic E-state index is 12.5. The van der Waals surface area contributed by atoms with Crippen LogP contribution in [-0.2, 0) is 17.9 Å². The topological polar surface area (TPSA) is 86.2 Å². The van der Waals surface area contributed by atoms with E-state index >= 15 is 0 Å². The molecule has 0 radical (unpaired) electrons. The number of hydrogen-bond donors (Lipinski definition) is 1. The molecule has 1 fully saturated rings. The molecule has 0 spiro atoms. The van der Waals surface area contributed by atoms with Crippen molar-refractivity contribution in [3.05, 3.63) is 88.4 Å². The molecular formula is C23H25N5O2. The molecule has 3 atom stereocenters. The van der Waals surface area contributed by atoms with Crippen molar-refractivity contribution in [2.75, 3.05) is 13.1 Å². The number of fused-ring (bicyclic) bond motifs is 4. The van der Waals surface area contributed by atoms with Gasteiger partial charge in [-0.1, -0.05) is 36.4 Å². The summed E-state index contributed by atoms with van der Waals surface area (Å²) in [6.07, 6.45) is 4.67. The van der Waals surface area contributed by atoms with E-state index in [4.69, 9.17) is 5.73 Å². The minimum atomic E-state index is -0.582. The molecule has 0 unspecified atom stereocenters. The van der Waals surface area contributed by atoms with E-state index in [1.54, 1.807) is 10.6 Å². The third kappa shape index (κ3) is 3.35. The van der Waals surface area contributed by atoms with Crippen LogP contribution in [0.2, 0.25) is 0 Å². The van der Waals surface area contributed by atoms with E-state index in [1.165, 1.54) is 11.6 Å². The summed E-state index contributed by atoms with van der Waals surface area (Å²) in [5.41, 5.74) is 8.90. The lowest BCUT2D eigenvalue weighted by molar-refractivity contribution is -0.124. The Morgan fingerprint density at radius 1 is 1.07 bits per heavy atom. The zero-order chi connectivity index (χ0) is 20.7. The predicted molar refractivity (Wildman–Crippen MR) is 113 cm³/mol. The molecule has 7 nitrogen and oxygen atoms in total. The molecule has 4 heterocycles. The molecule has 3 aromatic rings. The van der Waals surface area contributed by atoms with Crippen molar-refractivity contribution in [3.63, 3.8) is 0 Å². The number of rotatable bonds is 5. The summed E-state index contributed by atoms with van der Waals surface area (Å²) in [5, 5.41) is 0. The van der Waals surface area contributed by atoms with Crippen LogP contribution in [0.15, 0.2) is 65.8 Å². The quantitative estimate of drug-likeness (QED) is 0.703. The number of nitrogens with zero attached hydrogens (tertiary/aromatic N) is 4. The number of piperidine rings is 1. The Morgan fingerprint density at radius 2 is 1.90 bits per heavy atom. The molecule has 1 saturated heterocycles. The highest BCUT2D eigenvalue weighted by Crippen LogP contribution is 2.41. The lowest BCUT2D eigenvalue weighted by atomic mass is 9.78. The van der Waals surface area contributed by atoms with E-state index in [2.05, 4.69) is 26.6 Å². The zero-order valence-electron chi connectivity index (χ0n) is 16.7. The van der Waals surface area contributed by atoms with Crippen LogP contribution in [0.25, 0.3) is 0 Å². The number of aromatic nitrogens is 3. The van der Waals surface area contributed by atoms with Gasteiger partial charge in [0.05, 0.1) is 12.0 Å². The highest BCUT2D eigenvalue weighted by molar-refractivity contribution is 5.79. The van der Waals surface area contributed by atoms with Crippen molar-refractivity contribution in [3.8, 4) is 0 Å². The first kappa shape index (κ1) is 18.8. The Hall–Kier alpha value is -3.19. The smallest absolute Gasteiger partial charge is 0.251 e. The maximum Gasteiger partial charge on any atom is 0.251 e. The van der Waals surface area contributed by atoms with Crippen molar-refractivity contribution in [2.24, 2.45) is 11.7 Å². The van der Waals surface area contributed by atoms with E-state index in [0.717, 1.165) is 44.0 Å². The normalized spacial score (nSPS) is 23.1. The Kier molecular flexibility index (Phi) is 4.75. The number of carbonyl (C=O) groups is 1. The number of pyridine rings is 1. The van der Waals surface area contributed by atoms with Crippen LogP contribution in [0.4, 0.5) is 0 Å². The van der Waals surface area contributed by atoms with Gasteiger partial charge in [-0.15, -0.1) is 0 Å². The van der Waals surface area contributed by atoms with Gasteiger partial charge in [0.2, 0.25) is 5.91 Å². The summed E-state index contributed by atoms with van der Waals surface area (Å²) in [6, 6.07) is 15.0. The Bertz CT molecular complexity index is 1120. The van der Waals surface area contributed by atoms with Crippen LogP contribution in [-0.4, -0.2) is 38.0 Å². The average molecular weight is 403 g/mol. The number of likely N-dealkylation sites (tertiary alicyclic amines) is 1. The largest absolute Gasteiger partial charge is 0.368 e. The molecule has 154 valence electrons. The molecule has 7 heteroatoms. The highest BCUT2D eigenvalue weighted by atomic mass is 16.2. The number of imidazole rings is 1. The highest BCUT2D eigenvalue weighted by Gasteiger charge is 2.42. The minimum absolute atomic E-state index is 0.0411. The molecule has 2 bridgehead atoms. The monoisotopic (exact) mass is 403 g/mol. The third-order valence-corrected chi connectivity index (χ3v) is 6.39. The van der Waals surface area contributed by atoms with Gasteiger partial charge < -0.3 is 10.3 Å². The molecule has 2 N–H and O–H groups in total. The van der Waals surface area contributed by atoms with Crippen molar-refractivity contribution in [1.29, 1.82) is 0 Å². The van der Waals surface area contributed by atoms with Crippen LogP contribution in [0.1, 0.15) is 35.3 Å². The first-order chi connectivity index (χ1) is 14.6. The molecule has 0 aliphatic carbocycles. The second kappa shape index (κ2) is 7.57. The van der Waals surface area contributed by atoms with Gasteiger partial charge in [0.15, 0.2) is 0 Å². The molecule has 1 amide bonds. The van der Waals surface area contributed by atoms with Gasteiger partial charge in [-0.2, -0.15) is 0 Å². The third-order valence-electron chi connectivity index (χ3n) is 6.39. The predicted octanol–water partition coefficient (Wildman–Crippen LogP) is 1.74. The molecule has 1 aromatic carbocycles. The minimum Gasteiger partial charge on any atom is -0.368 e. The zero-order valence-corrected chi connectivity index (χ0v) is 16.7. The number of primary amides is 1. The summed E-state index contributed by atoms with van der Waals surface area (Å²) in [5.74, 6) is -0.165. The second-order valence-corrected chi connectivity index (χ2v) is 8.39. The van der Waals surface area contributed by atoms with Gasteiger partial charge in [0.1, 0.15) is 6.04 Å². The van der Waals surface area contributed by atoms with Crippen LogP contribution >= 0.6 is 0 Å². The average Bonchev–Trinajstić information content (AvgIpc) is 3.16. The van der Waals surface area contributed by atoms with Gasteiger partial charge >= 0.3 is 0 Å². The second-order valence-electron chi connectivity index (χ2n) is 8.39. The van der Waals surface area contributed by atoms with Crippen molar-refractivity contribution in [1.82, 2.24) is 19.0 Å². The number of nitrogens with two attached hydrogens (primary N) is 1. The van der Waals surface area contributed by atoms with E-state index in [9.17, 15) is 9.59 Å². The van der Waals surface area contributed by atoms with Crippen LogP contribution in [0.3, 0.4) is 0 Å². The van der Waals surface area contributed by atoms with Crippen LogP contribution in [0.5, 0.6) is 0 Å². The number of carbonyl (C=O) groups excluding carboxylic acids is 1. The van der Waals surface area contributed by atoms with Gasteiger partial charge in [-0.25, -0.2) is 4.98 Å². The fourth-order valence-corrected chi connectivity index (χ4v) is 5.15. The Balaban J connectivity index is 1.40. The number of benzene rings is 1. The van der Waals surface area contributed by atoms with E-state index in [0.29, 0.717) is 0 Å². The van der Waals surface area contributed by atoms with E-state index in [-0.39, 0.29) is 17.4 Å². The fraction of sp³-hybridized carbons (Fsp3) is 0.348. The lowest BCUT2D eigenvalue weighted by Gasteiger charge is -2.46. The van der Waals surface area contributed by atoms with Gasteiger partial charge in [-0.05, 0) is 18.1 Å². The maximum atomic E-state index is 12.5. The lowest BCUT2D eigenvalue weighted by Crippen LogP contribution is -2.52. The molecule has 2 aromatic heterocycles. The molecular weight excluding hydrogens is 378 g/mol. The van der Waals surface area contributed by atoms with E-state index < -0.39 is 11.9 Å². The molecule has 2 aliphatic rings. The Labute approximate surface area is 174 Å². The van der Waals surface area contributed by atoms with Crippen molar-refractivity contribution in [2.45, 2.75) is 31.5 Å². The summed E-state index contributed by atoms with van der Waals surface area (Å²) in [6.45, 7) is 3.12. The molecule has 2 aliphatic heterocycles. The number of hydrogen-bond acceptors (Lipinski definition) is 4. The summed E-state index contributed by atoms with van der Waals surface area (Å²) in [4.78, 5) is 31.5. The van der Waals surface area contributed by atoms with Gasteiger partial charge in [-0.3, -0.25) is 19.1 Å². The first-order valence-corrected chi connectivity index (χ1v) is 10.4. The van der Waals surface area contributed by atoms with Crippen molar-refractivity contribution >= 4 is 5.91 Å². The fourth-order valence-electron chi connectivity index (χ4n) is 5.15. The first-order valence-electron chi connectivity index (χ1n) is 10.4. The molecule has 0 saturated carbocycles. The van der Waals surface area contributed by atoms with Crippen LogP contribution < -0.4 is 11.3 Å². The molecule has 5 rings (SSSR count). The summed E-state index contributed by atoms with van der Waals surface area (Å²) < 4.78 is 3.81. The number of amides is 1. The standard InChI is InChI=1S/C23H25N5O2/c24-23(30)22-18-9-17(20-7-4-8-21(29)28(20)22)12-26(13-18)14-19-10-25-15-27(19)11-16-5-2-1-3-6-16/h1-8,10,15,17-18,22H,9,11-14H2,(H2,24,30)/t17-,18+,22+/m0/s1. The van der Waals surface area contributed by atoms with Crippen LogP contribution in [0, 0.1) is 5.92 Å². The van der Waals surface area contributed by atoms with Gasteiger partial charge in [0.25, 0.3) is 5.56 Å².